The number of carbonyl (C=O) groups excluding carboxylic acids is 2. The van der Waals surface area contributed by atoms with Crippen molar-refractivity contribution in [2.75, 3.05) is 13.4 Å². The number of ether oxygens (including phenoxy) is 2. The SMILES string of the molecule is CCOCOC(=O)C1=CCCC(C)C1C(N)=O. The largest absolute Gasteiger partial charge is 0.435 e. The fraction of sp³-hybridized carbons (Fsp3) is 0.667. The molecule has 5 nitrogen and oxygen atoms in total. The zero-order chi connectivity index (χ0) is 12.8. The van der Waals surface area contributed by atoms with Crippen LogP contribution in [0.4, 0.5) is 0 Å². The molecule has 1 amide bonds. The molecule has 1 rings (SSSR count). The van der Waals surface area contributed by atoms with Gasteiger partial charge in [0.05, 0.1) is 5.92 Å². The Hall–Kier alpha value is -1.36. The van der Waals surface area contributed by atoms with Crippen LogP contribution in [-0.4, -0.2) is 25.3 Å². The van der Waals surface area contributed by atoms with E-state index in [9.17, 15) is 9.59 Å². The van der Waals surface area contributed by atoms with Crippen molar-refractivity contribution in [1.29, 1.82) is 0 Å². The van der Waals surface area contributed by atoms with E-state index in [4.69, 9.17) is 15.2 Å². The highest BCUT2D eigenvalue weighted by Gasteiger charge is 2.33. The molecule has 2 N–H and O–H groups in total. The number of carbonyl (C=O) groups is 2. The van der Waals surface area contributed by atoms with E-state index in [1.54, 1.807) is 6.08 Å². The molecule has 0 fully saturated rings. The molecule has 0 heterocycles. The Labute approximate surface area is 101 Å². The molecule has 17 heavy (non-hydrogen) atoms. The quantitative estimate of drug-likeness (QED) is 0.442. The molecular weight excluding hydrogens is 222 g/mol. The Morgan fingerprint density at radius 1 is 1.53 bits per heavy atom. The van der Waals surface area contributed by atoms with Crippen LogP contribution in [0, 0.1) is 11.8 Å². The third-order valence-corrected chi connectivity index (χ3v) is 2.91. The molecule has 1 aliphatic carbocycles. The van der Waals surface area contributed by atoms with Crippen LogP contribution in [-0.2, 0) is 19.1 Å². The second kappa shape index (κ2) is 6.39. The van der Waals surface area contributed by atoms with Gasteiger partial charge < -0.3 is 15.2 Å². The lowest BCUT2D eigenvalue weighted by atomic mass is 9.79. The molecule has 1 aliphatic rings. The Kier molecular flexibility index (Phi) is 5.15. The van der Waals surface area contributed by atoms with Crippen molar-refractivity contribution >= 4 is 11.9 Å². The first-order valence-corrected chi connectivity index (χ1v) is 5.82. The van der Waals surface area contributed by atoms with Crippen LogP contribution in [0.3, 0.4) is 0 Å². The summed E-state index contributed by atoms with van der Waals surface area (Å²) in [6.07, 6.45) is 3.36. The third-order valence-electron chi connectivity index (χ3n) is 2.91. The summed E-state index contributed by atoms with van der Waals surface area (Å²) in [4.78, 5) is 23.1. The van der Waals surface area contributed by atoms with E-state index >= 15 is 0 Å². The predicted molar refractivity (Wildman–Crippen MR) is 61.8 cm³/mol. The Morgan fingerprint density at radius 3 is 2.82 bits per heavy atom. The van der Waals surface area contributed by atoms with Gasteiger partial charge in [-0.25, -0.2) is 4.79 Å². The molecule has 0 aromatic rings. The summed E-state index contributed by atoms with van der Waals surface area (Å²) in [5.74, 6) is -1.45. The first kappa shape index (κ1) is 13.7. The lowest BCUT2D eigenvalue weighted by Crippen LogP contribution is -2.35. The van der Waals surface area contributed by atoms with Gasteiger partial charge >= 0.3 is 5.97 Å². The van der Waals surface area contributed by atoms with Crippen molar-refractivity contribution in [3.8, 4) is 0 Å². The number of amides is 1. The summed E-state index contributed by atoms with van der Waals surface area (Å²) in [6, 6.07) is 0. The Bertz CT molecular complexity index is 324. The number of esters is 1. The first-order chi connectivity index (χ1) is 8.07. The summed E-state index contributed by atoms with van der Waals surface area (Å²) in [5, 5.41) is 0. The molecule has 0 aromatic carbocycles. The highest BCUT2D eigenvalue weighted by molar-refractivity contribution is 5.97. The van der Waals surface area contributed by atoms with Crippen molar-refractivity contribution in [2.45, 2.75) is 26.7 Å². The van der Waals surface area contributed by atoms with Crippen LogP contribution in [0.25, 0.3) is 0 Å². The molecule has 5 heteroatoms. The molecule has 0 radical (unpaired) electrons. The average molecular weight is 241 g/mol. The van der Waals surface area contributed by atoms with Crippen LogP contribution < -0.4 is 5.73 Å². The second-order valence-electron chi connectivity index (χ2n) is 4.14. The molecule has 0 bridgehead atoms. The maximum Gasteiger partial charge on any atom is 0.336 e. The first-order valence-electron chi connectivity index (χ1n) is 5.82. The Morgan fingerprint density at radius 2 is 2.24 bits per heavy atom. The molecule has 2 unspecified atom stereocenters. The van der Waals surface area contributed by atoms with Gasteiger partial charge in [-0.3, -0.25) is 4.79 Å². The zero-order valence-corrected chi connectivity index (χ0v) is 10.3. The summed E-state index contributed by atoms with van der Waals surface area (Å²) in [5.41, 5.74) is 5.69. The maximum atomic E-state index is 11.8. The van der Waals surface area contributed by atoms with Crippen LogP contribution in [0.15, 0.2) is 11.6 Å². The fourth-order valence-corrected chi connectivity index (χ4v) is 2.01. The minimum atomic E-state index is -0.544. The average Bonchev–Trinajstić information content (AvgIpc) is 2.28. The molecule has 2 atom stereocenters. The van der Waals surface area contributed by atoms with E-state index in [0.717, 1.165) is 12.8 Å². The van der Waals surface area contributed by atoms with Crippen molar-refractivity contribution in [3.05, 3.63) is 11.6 Å². The highest BCUT2D eigenvalue weighted by atomic mass is 16.7. The number of primary amides is 1. The van der Waals surface area contributed by atoms with Crippen LogP contribution in [0.5, 0.6) is 0 Å². The lowest BCUT2D eigenvalue weighted by Gasteiger charge is -2.26. The van der Waals surface area contributed by atoms with E-state index < -0.39 is 17.8 Å². The van der Waals surface area contributed by atoms with E-state index in [-0.39, 0.29) is 12.7 Å². The van der Waals surface area contributed by atoms with Gasteiger partial charge in [-0.05, 0) is 25.7 Å². The minimum Gasteiger partial charge on any atom is -0.435 e. The summed E-state index contributed by atoms with van der Waals surface area (Å²) >= 11 is 0. The minimum absolute atomic E-state index is 0.0761. The van der Waals surface area contributed by atoms with Crippen molar-refractivity contribution in [3.63, 3.8) is 0 Å². The molecule has 0 spiro atoms. The molecule has 0 aromatic heterocycles. The van der Waals surface area contributed by atoms with E-state index in [1.165, 1.54) is 0 Å². The van der Waals surface area contributed by atoms with Crippen molar-refractivity contribution < 1.29 is 19.1 Å². The maximum absolute atomic E-state index is 11.8. The van der Waals surface area contributed by atoms with Gasteiger partial charge in [-0.15, -0.1) is 0 Å². The summed E-state index contributed by atoms with van der Waals surface area (Å²) in [6.45, 7) is 4.11. The van der Waals surface area contributed by atoms with E-state index in [2.05, 4.69) is 0 Å². The normalized spacial score (nSPS) is 24.0. The number of hydrogen-bond acceptors (Lipinski definition) is 4. The van der Waals surface area contributed by atoms with Gasteiger partial charge in [-0.2, -0.15) is 0 Å². The van der Waals surface area contributed by atoms with E-state index in [0.29, 0.717) is 12.2 Å². The second-order valence-corrected chi connectivity index (χ2v) is 4.14. The molecule has 0 aliphatic heterocycles. The number of rotatable bonds is 5. The molecule has 0 saturated carbocycles. The highest BCUT2D eigenvalue weighted by Crippen LogP contribution is 2.30. The van der Waals surface area contributed by atoms with Gasteiger partial charge in [0.25, 0.3) is 0 Å². The summed E-state index contributed by atoms with van der Waals surface area (Å²) < 4.78 is 9.84. The molecule has 0 saturated heterocycles. The van der Waals surface area contributed by atoms with Crippen LogP contribution in [0.2, 0.25) is 0 Å². The van der Waals surface area contributed by atoms with Crippen LogP contribution >= 0.6 is 0 Å². The number of nitrogens with two attached hydrogens (primary N) is 1. The zero-order valence-electron chi connectivity index (χ0n) is 10.3. The topological polar surface area (TPSA) is 78.6 Å². The number of hydrogen-bond donors (Lipinski definition) is 1. The van der Waals surface area contributed by atoms with Crippen molar-refractivity contribution in [1.82, 2.24) is 0 Å². The number of allylic oxidation sites excluding steroid dienone is 1. The third kappa shape index (κ3) is 3.56. The van der Waals surface area contributed by atoms with Gasteiger partial charge in [0.1, 0.15) is 0 Å². The van der Waals surface area contributed by atoms with Gasteiger partial charge in [-0.1, -0.05) is 13.0 Å². The smallest absolute Gasteiger partial charge is 0.336 e. The van der Waals surface area contributed by atoms with E-state index in [1.807, 2.05) is 13.8 Å². The lowest BCUT2D eigenvalue weighted by molar-refractivity contribution is -0.153. The van der Waals surface area contributed by atoms with Gasteiger partial charge in [0, 0.05) is 12.2 Å². The predicted octanol–water partition coefficient (Wildman–Crippen LogP) is 0.981. The van der Waals surface area contributed by atoms with Gasteiger partial charge in [0.2, 0.25) is 5.91 Å². The standard InChI is InChI=1S/C12H19NO4/c1-3-16-7-17-12(15)9-6-4-5-8(2)10(9)11(13)14/h6,8,10H,3-5,7H2,1-2H3,(H2,13,14). The van der Waals surface area contributed by atoms with Crippen molar-refractivity contribution in [2.24, 2.45) is 17.6 Å². The summed E-state index contributed by atoms with van der Waals surface area (Å²) in [7, 11) is 0. The monoisotopic (exact) mass is 241 g/mol. The molecule has 96 valence electrons. The Balaban J connectivity index is 2.69. The fourth-order valence-electron chi connectivity index (χ4n) is 2.01. The van der Waals surface area contributed by atoms with Gasteiger partial charge in [0.15, 0.2) is 6.79 Å². The van der Waals surface area contributed by atoms with Crippen LogP contribution in [0.1, 0.15) is 26.7 Å². The molecular formula is C12H19NO4.